The molecule has 0 aliphatic carbocycles. The molecule has 4 heteroatoms. The lowest BCUT2D eigenvalue weighted by Crippen LogP contribution is -2.36. The van der Waals surface area contributed by atoms with Crippen molar-refractivity contribution in [2.75, 3.05) is 59.2 Å². The minimum Gasteiger partial charge on any atom is -0.380 e. The van der Waals surface area contributed by atoms with Crippen LogP contribution in [0.15, 0.2) is 0 Å². The highest BCUT2D eigenvalue weighted by Crippen LogP contribution is 1.89. The SMILES string of the molecule is C#CCNCCN(CCOCC)CCOCC. The molecule has 0 unspecified atom stereocenters. The van der Waals surface area contributed by atoms with Gasteiger partial charge in [0.1, 0.15) is 0 Å². The van der Waals surface area contributed by atoms with Crippen LogP contribution in [0.2, 0.25) is 0 Å². The first-order valence-corrected chi connectivity index (χ1v) is 6.37. The molecule has 0 atom stereocenters. The van der Waals surface area contributed by atoms with Crippen LogP contribution in [0.1, 0.15) is 13.8 Å². The van der Waals surface area contributed by atoms with E-state index in [2.05, 4.69) is 16.1 Å². The Balaban J connectivity index is 3.64. The number of nitrogens with one attached hydrogen (secondary N) is 1. The summed E-state index contributed by atoms with van der Waals surface area (Å²) in [5.74, 6) is 2.57. The van der Waals surface area contributed by atoms with Crippen molar-refractivity contribution in [3.8, 4) is 12.3 Å². The van der Waals surface area contributed by atoms with E-state index in [-0.39, 0.29) is 0 Å². The fourth-order valence-electron chi connectivity index (χ4n) is 1.41. The molecule has 100 valence electrons. The predicted octanol–water partition coefficient (Wildman–Crippen LogP) is 0.584. The molecule has 0 fully saturated rings. The molecule has 0 amide bonds. The van der Waals surface area contributed by atoms with Gasteiger partial charge in [-0.2, -0.15) is 0 Å². The Morgan fingerprint density at radius 2 is 1.65 bits per heavy atom. The van der Waals surface area contributed by atoms with Gasteiger partial charge in [-0.25, -0.2) is 0 Å². The van der Waals surface area contributed by atoms with E-state index in [4.69, 9.17) is 15.9 Å². The van der Waals surface area contributed by atoms with Crippen LogP contribution in [0.3, 0.4) is 0 Å². The molecule has 0 saturated carbocycles. The summed E-state index contributed by atoms with van der Waals surface area (Å²) in [5.41, 5.74) is 0. The van der Waals surface area contributed by atoms with E-state index in [9.17, 15) is 0 Å². The van der Waals surface area contributed by atoms with Gasteiger partial charge in [-0.1, -0.05) is 5.92 Å². The minimum atomic E-state index is 0.630. The lowest BCUT2D eigenvalue weighted by Gasteiger charge is -2.22. The molecule has 4 nitrogen and oxygen atoms in total. The molecular formula is C13H26N2O2. The Morgan fingerprint density at radius 3 is 2.12 bits per heavy atom. The molecule has 0 aromatic heterocycles. The van der Waals surface area contributed by atoms with Crippen molar-refractivity contribution in [2.45, 2.75) is 13.8 Å². The lowest BCUT2D eigenvalue weighted by atomic mass is 10.4. The van der Waals surface area contributed by atoms with Crippen molar-refractivity contribution in [3.63, 3.8) is 0 Å². The minimum absolute atomic E-state index is 0.630. The van der Waals surface area contributed by atoms with Gasteiger partial charge >= 0.3 is 0 Å². The van der Waals surface area contributed by atoms with Crippen molar-refractivity contribution in [1.29, 1.82) is 0 Å². The van der Waals surface area contributed by atoms with Crippen molar-refractivity contribution >= 4 is 0 Å². The van der Waals surface area contributed by atoms with Crippen LogP contribution in [-0.4, -0.2) is 64.1 Å². The molecule has 1 N–H and O–H groups in total. The molecule has 0 aromatic carbocycles. The van der Waals surface area contributed by atoms with E-state index in [0.29, 0.717) is 6.54 Å². The third-order valence-electron chi connectivity index (χ3n) is 2.34. The summed E-state index contributed by atoms with van der Waals surface area (Å²) in [5, 5.41) is 3.19. The van der Waals surface area contributed by atoms with Gasteiger partial charge in [0.2, 0.25) is 0 Å². The molecule has 0 aliphatic rings. The fraction of sp³-hybridized carbons (Fsp3) is 0.846. The highest BCUT2D eigenvalue weighted by atomic mass is 16.5. The summed E-state index contributed by atoms with van der Waals surface area (Å²) in [7, 11) is 0. The van der Waals surface area contributed by atoms with Crippen LogP contribution in [0.5, 0.6) is 0 Å². The number of nitrogens with zero attached hydrogens (tertiary/aromatic N) is 1. The smallest absolute Gasteiger partial charge is 0.0593 e. The first-order chi connectivity index (χ1) is 8.35. The number of terminal acetylenes is 1. The van der Waals surface area contributed by atoms with Crippen LogP contribution < -0.4 is 5.32 Å². The maximum Gasteiger partial charge on any atom is 0.0593 e. The third-order valence-corrected chi connectivity index (χ3v) is 2.34. The molecule has 0 rings (SSSR count). The topological polar surface area (TPSA) is 33.7 Å². The maximum atomic E-state index is 5.36. The van der Waals surface area contributed by atoms with Gasteiger partial charge in [0, 0.05) is 39.4 Å². The summed E-state index contributed by atoms with van der Waals surface area (Å²) in [6, 6.07) is 0. The zero-order valence-electron chi connectivity index (χ0n) is 11.2. The van der Waals surface area contributed by atoms with Crippen molar-refractivity contribution in [2.24, 2.45) is 0 Å². The molecule has 0 heterocycles. The third kappa shape index (κ3) is 11.7. The average molecular weight is 242 g/mol. The first-order valence-electron chi connectivity index (χ1n) is 6.37. The van der Waals surface area contributed by atoms with Crippen LogP contribution in [-0.2, 0) is 9.47 Å². The fourth-order valence-corrected chi connectivity index (χ4v) is 1.41. The predicted molar refractivity (Wildman–Crippen MR) is 71.1 cm³/mol. The average Bonchev–Trinajstić information content (AvgIpc) is 2.34. The van der Waals surface area contributed by atoms with Crippen LogP contribution in [0.4, 0.5) is 0 Å². The van der Waals surface area contributed by atoms with Gasteiger partial charge in [0.05, 0.1) is 19.8 Å². The summed E-state index contributed by atoms with van der Waals surface area (Å²) >= 11 is 0. The van der Waals surface area contributed by atoms with Gasteiger partial charge in [-0.3, -0.25) is 4.90 Å². The lowest BCUT2D eigenvalue weighted by molar-refractivity contribution is 0.0833. The first kappa shape index (κ1) is 16.4. The van der Waals surface area contributed by atoms with Crippen molar-refractivity contribution in [1.82, 2.24) is 10.2 Å². The van der Waals surface area contributed by atoms with E-state index in [0.717, 1.165) is 52.6 Å². The van der Waals surface area contributed by atoms with Crippen molar-refractivity contribution < 1.29 is 9.47 Å². The Morgan fingerprint density at radius 1 is 1.06 bits per heavy atom. The zero-order valence-corrected chi connectivity index (χ0v) is 11.2. The zero-order chi connectivity index (χ0) is 12.8. The Hall–Kier alpha value is -0.600. The monoisotopic (exact) mass is 242 g/mol. The number of rotatable bonds is 12. The molecular weight excluding hydrogens is 216 g/mol. The standard InChI is InChI=1S/C13H26N2O2/c1-4-7-14-8-9-15(10-12-16-5-2)11-13-17-6-3/h1,14H,5-13H2,2-3H3. The molecule has 0 aromatic rings. The van der Waals surface area contributed by atoms with E-state index in [1.807, 2.05) is 13.8 Å². The second-order valence-electron chi connectivity index (χ2n) is 3.62. The Kier molecular flexibility index (Phi) is 13.0. The molecule has 0 spiro atoms. The highest BCUT2D eigenvalue weighted by Gasteiger charge is 2.03. The molecule has 0 saturated heterocycles. The summed E-state index contributed by atoms with van der Waals surface area (Å²) in [4.78, 5) is 2.33. The number of hydrogen-bond acceptors (Lipinski definition) is 4. The summed E-state index contributed by atoms with van der Waals surface area (Å²) < 4.78 is 10.7. The molecule has 17 heavy (non-hydrogen) atoms. The van der Waals surface area contributed by atoms with E-state index >= 15 is 0 Å². The number of ether oxygens (including phenoxy) is 2. The number of hydrogen-bond donors (Lipinski definition) is 1. The quantitative estimate of drug-likeness (QED) is 0.401. The molecule has 0 aliphatic heterocycles. The van der Waals surface area contributed by atoms with E-state index in [1.54, 1.807) is 0 Å². The normalized spacial score (nSPS) is 10.7. The van der Waals surface area contributed by atoms with E-state index in [1.165, 1.54) is 0 Å². The second kappa shape index (κ2) is 13.5. The van der Waals surface area contributed by atoms with Gasteiger partial charge < -0.3 is 14.8 Å². The Labute approximate surface area is 106 Å². The Bertz CT molecular complexity index is 182. The van der Waals surface area contributed by atoms with Crippen molar-refractivity contribution in [3.05, 3.63) is 0 Å². The second-order valence-corrected chi connectivity index (χ2v) is 3.62. The van der Waals surface area contributed by atoms with Crippen LogP contribution in [0.25, 0.3) is 0 Å². The summed E-state index contributed by atoms with van der Waals surface area (Å²) in [6.07, 6.45) is 5.18. The highest BCUT2D eigenvalue weighted by molar-refractivity contribution is 4.86. The van der Waals surface area contributed by atoms with Crippen LogP contribution in [0, 0.1) is 12.3 Å². The summed E-state index contributed by atoms with van der Waals surface area (Å²) in [6.45, 7) is 11.5. The van der Waals surface area contributed by atoms with Gasteiger partial charge in [-0.15, -0.1) is 6.42 Å². The van der Waals surface area contributed by atoms with Gasteiger partial charge in [-0.05, 0) is 13.8 Å². The maximum absolute atomic E-state index is 5.36. The van der Waals surface area contributed by atoms with Gasteiger partial charge in [0.15, 0.2) is 0 Å². The molecule has 0 radical (unpaired) electrons. The van der Waals surface area contributed by atoms with Gasteiger partial charge in [0.25, 0.3) is 0 Å². The largest absolute Gasteiger partial charge is 0.380 e. The molecule has 0 bridgehead atoms. The van der Waals surface area contributed by atoms with Crippen LogP contribution >= 0.6 is 0 Å². The van der Waals surface area contributed by atoms with E-state index < -0.39 is 0 Å².